The quantitative estimate of drug-likeness (QED) is 0.678. The molecule has 0 aliphatic carbocycles. The van der Waals surface area contributed by atoms with Crippen LogP contribution in [-0.2, 0) is 0 Å². The summed E-state index contributed by atoms with van der Waals surface area (Å²) in [6, 6.07) is 5.43. The predicted molar refractivity (Wildman–Crippen MR) is 78.6 cm³/mol. The number of hydrogen-bond acceptors (Lipinski definition) is 5. The first-order valence-corrected chi connectivity index (χ1v) is 6.79. The van der Waals surface area contributed by atoms with Crippen LogP contribution in [0.5, 0.6) is 17.2 Å². The lowest BCUT2D eigenvalue weighted by Crippen LogP contribution is -2.33. The molecule has 1 aromatic rings. The van der Waals surface area contributed by atoms with Gasteiger partial charge < -0.3 is 25.1 Å². The van der Waals surface area contributed by atoms with Crippen LogP contribution >= 0.6 is 0 Å². The van der Waals surface area contributed by atoms with E-state index in [4.69, 9.17) is 19.9 Å². The van der Waals surface area contributed by atoms with Crippen molar-refractivity contribution in [3.8, 4) is 17.2 Å². The van der Waals surface area contributed by atoms with E-state index < -0.39 is 5.60 Å². The van der Waals surface area contributed by atoms with Gasteiger partial charge in [-0.1, -0.05) is 0 Å². The minimum Gasteiger partial charge on any atom is -0.496 e. The van der Waals surface area contributed by atoms with Gasteiger partial charge in [0.15, 0.2) is 0 Å². The molecule has 1 rings (SSSR count). The summed E-state index contributed by atoms with van der Waals surface area (Å²) in [6.07, 6.45) is 2.40. The molecule has 0 spiro atoms. The smallest absolute Gasteiger partial charge is 0.126 e. The Kier molecular flexibility index (Phi) is 6.61. The third-order valence-electron chi connectivity index (χ3n) is 3.14. The number of methoxy groups -OCH3 is 2. The molecule has 5 heteroatoms. The summed E-state index contributed by atoms with van der Waals surface area (Å²) in [4.78, 5) is 0. The van der Waals surface area contributed by atoms with Gasteiger partial charge in [-0.25, -0.2) is 0 Å². The van der Waals surface area contributed by atoms with E-state index in [9.17, 15) is 5.11 Å². The molecule has 1 unspecified atom stereocenters. The Morgan fingerprint density at radius 2 is 1.60 bits per heavy atom. The van der Waals surface area contributed by atoms with Crippen molar-refractivity contribution in [2.75, 3.05) is 27.4 Å². The van der Waals surface area contributed by atoms with Crippen LogP contribution in [0.25, 0.3) is 0 Å². The Bertz CT molecular complexity index is 385. The maximum Gasteiger partial charge on any atom is 0.126 e. The van der Waals surface area contributed by atoms with Crippen molar-refractivity contribution in [3.63, 3.8) is 0 Å². The minimum absolute atomic E-state index is 0.279. The largest absolute Gasteiger partial charge is 0.496 e. The second-order valence-electron chi connectivity index (χ2n) is 5.06. The van der Waals surface area contributed by atoms with E-state index in [0.29, 0.717) is 30.3 Å². The van der Waals surface area contributed by atoms with Gasteiger partial charge in [0.1, 0.15) is 17.2 Å². The second kappa shape index (κ2) is 7.97. The first-order chi connectivity index (χ1) is 9.50. The molecular formula is C15H25NO4. The molecule has 114 valence electrons. The summed E-state index contributed by atoms with van der Waals surface area (Å²) in [5.74, 6) is 2.11. The molecule has 3 N–H and O–H groups in total. The van der Waals surface area contributed by atoms with Crippen molar-refractivity contribution in [2.45, 2.75) is 31.8 Å². The number of ether oxygens (including phenoxy) is 3. The Morgan fingerprint density at radius 1 is 1.05 bits per heavy atom. The van der Waals surface area contributed by atoms with Crippen LogP contribution in [0.4, 0.5) is 0 Å². The first-order valence-electron chi connectivity index (χ1n) is 6.79. The lowest BCUT2D eigenvalue weighted by atomic mass is 10.00. The highest BCUT2D eigenvalue weighted by Gasteiger charge is 2.16. The van der Waals surface area contributed by atoms with Crippen molar-refractivity contribution in [1.82, 2.24) is 0 Å². The molecule has 0 aliphatic heterocycles. The molecule has 0 aliphatic rings. The maximum atomic E-state index is 9.78. The van der Waals surface area contributed by atoms with Gasteiger partial charge in [0.2, 0.25) is 0 Å². The van der Waals surface area contributed by atoms with Gasteiger partial charge in [0.05, 0.1) is 26.4 Å². The van der Waals surface area contributed by atoms with Crippen molar-refractivity contribution in [2.24, 2.45) is 5.73 Å². The van der Waals surface area contributed by atoms with Crippen molar-refractivity contribution < 1.29 is 19.3 Å². The maximum absolute atomic E-state index is 9.78. The van der Waals surface area contributed by atoms with Crippen LogP contribution in [-0.4, -0.2) is 38.1 Å². The third kappa shape index (κ3) is 5.67. The number of nitrogens with two attached hydrogens (primary N) is 1. The number of hydrogen-bond donors (Lipinski definition) is 2. The number of unbranched alkanes of at least 4 members (excludes halogenated alkanes) is 1. The van der Waals surface area contributed by atoms with Gasteiger partial charge in [0.25, 0.3) is 0 Å². The SMILES string of the molecule is COc1cc(OC)cc(OCCCCC(C)(O)CN)c1. The second-order valence-corrected chi connectivity index (χ2v) is 5.06. The van der Waals surface area contributed by atoms with E-state index >= 15 is 0 Å². The number of benzene rings is 1. The number of rotatable bonds is 9. The average Bonchev–Trinajstić information content (AvgIpc) is 2.46. The molecule has 0 amide bonds. The monoisotopic (exact) mass is 283 g/mol. The molecular weight excluding hydrogens is 258 g/mol. The molecule has 20 heavy (non-hydrogen) atoms. The van der Waals surface area contributed by atoms with Crippen LogP contribution in [0.2, 0.25) is 0 Å². The lowest BCUT2D eigenvalue weighted by molar-refractivity contribution is 0.0562. The Morgan fingerprint density at radius 3 is 2.10 bits per heavy atom. The van der Waals surface area contributed by atoms with Gasteiger partial charge >= 0.3 is 0 Å². The summed E-state index contributed by atoms with van der Waals surface area (Å²) in [7, 11) is 3.21. The Labute approximate surface area is 120 Å². The fourth-order valence-electron chi connectivity index (χ4n) is 1.76. The summed E-state index contributed by atoms with van der Waals surface area (Å²) in [6.45, 7) is 2.61. The van der Waals surface area contributed by atoms with Gasteiger partial charge in [-0.05, 0) is 26.2 Å². The highest BCUT2D eigenvalue weighted by atomic mass is 16.5. The van der Waals surface area contributed by atoms with Gasteiger partial charge in [-0.2, -0.15) is 0 Å². The molecule has 0 saturated carbocycles. The first kappa shape index (κ1) is 16.6. The summed E-state index contributed by atoms with van der Waals surface area (Å²) < 4.78 is 16.0. The average molecular weight is 283 g/mol. The fraction of sp³-hybridized carbons (Fsp3) is 0.600. The molecule has 0 saturated heterocycles. The normalized spacial score (nSPS) is 13.7. The Hall–Kier alpha value is -1.46. The van der Waals surface area contributed by atoms with Gasteiger partial charge in [0, 0.05) is 24.7 Å². The summed E-state index contributed by atoms with van der Waals surface area (Å²) in [5, 5.41) is 9.78. The van der Waals surface area contributed by atoms with Crippen molar-refractivity contribution in [3.05, 3.63) is 18.2 Å². The van der Waals surface area contributed by atoms with Crippen LogP contribution in [0, 0.1) is 0 Å². The molecule has 0 radical (unpaired) electrons. The van der Waals surface area contributed by atoms with Gasteiger partial charge in [-0.3, -0.25) is 0 Å². The fourth-order valence-corrected chi connectivity index (χ4v) is 1.76. The van der Waals surface area contributed by atoms with Crippen LogP contribution in [0.1, 0.15) is 26.2 Å². The standard InChI is InChI=1S/C15H25NO4/c1-15(17,11-16)6-4-5-7-20-14-9-12(18-2)8-13(10-14)19-3/h8-10,17H,4-7,11,16H2,1-3H3. The van der Waals surface area contributed by atoms with Crippen molar-refractivity contribution >= 4 is 0 Å². The van der Waals surface area contributed by atoms with E-state index in [0.717, 1.165) is 12.8 Å². The highest BCUT2D eigenvalue weighted by Crippen LogP contribution is 2.27. The summed E-state index contributed by atoms with van der Waals surface area (Å²) >= 11 is 0. The third-order valence-corrected chi connectivity index (χ3v) is 3.14. The highest BCUT2D eigenvalue weighted by molar-refractivity contribution is 5.41. The number of aliphatic hydroxyl groups is 1. The van der Waals surface area contributed by atoms with Crippen LogP contribution < -0.4 is 19.9 Å². The molecule has 5 nitrogen and oxygen atoms in total. The molecule has 1 aromatic carbocycles. The zero-order valence-electron chi connectivity index (χ0n) is 12.5. The zero-order valence-corrected chi connectivity index (χ0v) is 12.5. The van der Waals surface area contributed by atoms with E-state index in [1.165, 1.54) is 0 Å². The zero-order chi connectivity index (χ0) is 15.0. The van der Waals surface area contributed by atoms with E-state index in [2.05, 4.69) is 0 Å². The minimum atomic E-state index is -0.779. The summed E-state index contributed by atoms with van der Waals surface area (Å²) in [5.41, 5.74) is 4.69. The van der Waals surface area contributed by atoms with E-state index in [1.54, 1.807) is 27.2 Å². The molecule has 1 atom stereocenters. The van der Waals surface area contributed by atoms with Crippen LogP contribution in [0.15, 0.2) is 18.2 Å². The molecule has 0 bridgehead atoms. The van der Waals surface area contributed by atoms with Crippen molar-refractivity contribution in [1.29, 1.82) is 0 Å². The van der Waals surface area contributed by atoms with E-state index in [-0.39, 0.29) is 6.54 Å². The van der Waals surface area contributed by atoms with Crippen LogP contribution in [0.3, 0.4) is 0 Å². The van der Waals surface area contributed by atoms with E-state index in [1.807, 2.05) is 12.1 Å². The Balaban J connectivity index is 2.38. The lowest BCUT2D eigenvalue weighted by Gasteiger charge is -2.20. The topological polar surface area (TPSA) is 73.9 Å². The molecule has 0 heterocycles. The molecule has 0 fully saturated rings. The predicted octanol–water partition coefficient (Wildman–Crippen LogP) is 1.96. The van der Waals surface area contributed by atoms with Gasteiger partial charge in [-0.15, -0.1) is 0 Å². The molecule has 0 aromatic heterocycles.